The Morgan fingerprint density at radius 2 is 2.09 bits per heavy atom. The lowest BCUT2D eigenvalue weighted by molar-refractivity contribution is -0.151. The third-order valence-electron chi connectivity index (χ3n) is 8.34. The zero-order valence-corrected chi connectivity index (χ0v) is 27.4. The molecule has 4 N–H and O–H groups in total. The lowest BCUT2D eigenvalue weighted by Gasteiger charge is -2.46. The van der Waals surface area contributed by atoms with Crippen LogP contribution in [0.5, 0.6) is 5.75 Å². The molecule has 12 nitrogen and oxygen atoms in total. The molecule has 0 saturated carbocycles. The van der Waals surface area contributed by atoms with Crippen LogP contribution in [0.3, 0.4) is 0 Å². The van der Waals surface area contributed by atoms with E-state index in [1.54, 1.807) is 12.1 Å². The van der Waals surface area contributed by atoms with E-state index in [9.17, 15) is 14.4 Å². The largest absolute Gasteiger partial charge is 0.484 e. The minimum atomic E-state index is -0.493. The van der Waals surface area contributed by atoms with Gasteiger partial charge in [-0.25, -0.2) is 14.8 Å². The van der Waals surface area contributed by atoms with Gasteiger partial charge in [0.2, 0.25) is 5.91 Å². The number of unbranched alkanes of at least 4 members (excludes halogenated alkanes) is 1. The van der Waals surface area contributed by atoms with E-state index in [0.29, 0.717) is 50.0 Å². The Balaban J connectivity index is 1.46. The Kier molecular flexibility index (Phi) is 10.6. The number of nitrogens with zero attached hydrogens (tertiary/aromatic N) is 5. The Bertz CT molecular complexity index is 1620. The maximum absolute atomic E-state index is 14.3. The molecule has 0 spiro atoms. The number of ether oxygens (including phenoxy) is 1. The summed E-state index contributed by atoms with van der Waals surface area (Å²) in [6.45, 7) is 6.08. The van der Waals surface area contributed by atoms with E-state index in [4.69, 9.17) is 16.9 Å². The summed E-state index contributed by atoms with van der Waals surface area (Å²) in [5, 5.41) is 10.2. The van der Waals surface area contributed by atoms with Gasteiger partial charge in [-0.05, 0) is 49.1 Å². The van der Waals surface area contributed by atoms with Gasteiger partial charge in [0.05, 0.1) is 41.2 Å². The fourth-order valence-corrected chi connectivity index (χ4v) is 6.91. The molecular formula is C33H42N8O4S. The summed E-state index contributed by atoms with van der Waals surface area (Å²) in [6.07, 6.45) is 7.75. The van der Waals surface area contributed by atoms with Crippen molar-refractivity contribution in [2.75, 3.05) is 57.4 Å². The van der Waals surface area contributed by atoms with Gasteiger partial charge in [-0.1, -0.05) is 48.8 Å². The maximum atomic E-state index is 14.3. The molecule has 13 heteroatoms. The van der Waals surface area contributed by atoms with Crippen LogP contribution in [0.15, 0.2) is 36.4 Å². The van der Waals surface area contributed by atoms with Gasteiger partial charge in [0.1, 0.15) is 12.4 Å². The molecule has 2 fully saturated rings. The number of carbonyl (C=O) groups is 3. The van der Waals surface area contributed by atoms with Crippen molar-refractivity contribution >= 4 is 50.1 Å². The van der Waals surface area contributed by atoms with Crippen molar-refractivity contribution in [3.63, 3.8) is 0 Å². The molecule has 3 heterocycles. The van der Waals surface area contributed by atoms with Gasteiger partial charge in [0.25, 0.3) is 0 Å². The predicted octanol–water partition coefficient (Wildman–Crippen LogP) is 3.15. The minimum Gasteiger partial charge on any atom is -0.484 e. The van der Waals surface area contributed by atoms with Crippen molar-refractivity contribution in [3.05, 3.63) is 47.5 Å². The van der Waals surface area contributed by atoms with Gasteiger partial charge in [0, 0.05) is 33.2 Å². The Hall–Kier alpha value is -4.38. The summed E-state index contributed by atoms with van der Waals surface area (Å²) in [7, 11) is 1.79. The van der Waals surface area contributed by atoms with E-state index < -0.39 is 6.04 Å². The van der Waals surface area contributed by atoms with Crippen molar-refractivity contribution in [2.45, 2.75) is 51.9 Å². The highest BCUT2D eigenvalue weighted by Gasteiger charge is 2.48. The molecule has 2 atom stereocenters. The van der Waals surface area contributed by atoms with Gasteiger partial charge >= 0.3 is 6.03 Å². The molecule has 5 rings (SSSR count). The zero-order chi connectivity index (χ0) is 32.8. The number of thiazole rings is 1. The third-order valence-corrected chi connectivity index (χ3v) is 9.19. The Labute approximate surface area is 273 Å². The number of nitrogens with one attached hydrogen (secondary N) is 2. The van der Waals surface area contributed by atoms with Crippen molar-refractivity contribution in [3.8, 4) is 18.1 Å². The smallest absolute Gasteiger partial charge is 0.332 e. The van der Waals surface area contributed by atoms with Crippen molar-refractivity contribution < 1.29 is 19.1 Å². The fourth-order valence-electron chi connectivity index (χ4n) is 6.13. The molecule has 2 aliphatic rings. The number of fused-ring (bicyclic) bond motifs is 2. The summed E-state index contributed by atoms with van der Waals surface area (Å²) in [4.78, 5) is 47.8. The van der Waals surface area contributed by atoms with Crippen LogP contribution in [0.1, 0.15) is 37.8 Å². The van der Waals surface area contributed by atoms with Crippen LogP contribution in [0, 0.1) is 12.3 Å². The van der Waals surface area contributed by atoms with Gasteiger partial charge in [0.15, 0.2) is 10.9 Å². The number of hydrazine groups is 1. The molecule has 0 radical (unpaired) electrons. The van der Waals surface area contributed by atoms with Crippen LogP contribution in [0.25, 0.3) is 10.2 Å². The highest BCUT2D eigenvalue weighted by atomic mass is 32.1. The van der Waals surface area contributed by atoms with Crippen molar-refractivity contribution in [1.82, 2.24) is 30.1 Å². The average Bonchev–Trinajstić information content (AvgIpc) is 3.64. The highest BCUT2D eigenvalue weighted by molar-refractivity contribution is 7.22. The van der Waals surface area contributed by atoms with Crippen LogP contribution in [-0.4, -0.2) is 101 Å². The lowest BCUT2D eigenvalue weighted by atomic mass is 9.99. The van der Waals surface area contributed by atoms with Gasteiger partial charge in [-0.2, -0.15) is 5.01 Å². The second kappa shape index (κ2) is 14.8. The molecule has 244 valence electrons. The molecule has 3 aromatic rings. The van der Waals surface area contributed by atoms with Crippen LogP contribution in [-0.2, 0) is 22.6 Å². The number of amides is 3. The molecule has 0 aliphatic carbocycles. The SMILES string of the molecule is C#CCN(C(=O)NCCCC)N1CCN2[C@@H](Cc3ccc(OCC(C)=O)c(NC)c3)C(=O)N(Cc3cccc4sc(N)nc34)C[C@@H]21. The maximum Gasteiger partial charge on any atom is 0.332 e. The fraction of sp³-hybridized carbons (Fsp3) is 0.455. The number of para-hydroxylation sites is 1. The number of terminal acetylenes is 1. The number of benzene rings is 2. The van der Waals surface area contributed by atoms with E-state index in [2.05, 4.69) is 33.4 Å². The number of rotatable bonds is 13. The number of carbonyl (C=O) groups excluding carboxylic acids is 3. The number of ketones is 1. The lowest BCUT2D eigenvalue weighted by Crippen LogP contribution is -2.65. The molecule has 3 amide bonds. The molecule has 2 aromatic carbocycles. The molecule has 2 saturated heterocycles. The average molecular weight is 647 g/mol. The van der Waals surface area contributed by atoms with Crippen molar-refractivity contribution in [1.29, 1.82) is 0 Å². The van der Waals surface area contributed by atoms with Gasteiger partial charge in [-0.3, -0.25) is 14.5 Å². The van der Waals surface area contributed by atoms with E-state index in [0.717, 1.165) is 39.9 Å². The normalized spacial score (nSPS) is 18.3. The number of nitrogens with two attached hydrogens (primary N) is 1. The van der Waals surface area contributed by atoms with Crippen molar-refractivity contribution in [2.24, 2.45) is 0 Å². The van der Waals surface area contributed by atoms with E-state index >= 15 is 0 Å². The molecule has 46 heavy (non-hydrogen) atoms. The summed E-state index contributed by atoms with van der Waals surface area (Å²) >= 11 is 1.42. The standard InChI is InChI=1S/C33H42N8O4S/c1-5-7-13-36-33(44)41(14-6-2)40-16-15-39-26(18-23-11-12-27(25(17-23)35-4)45-21-22(3)42)31(43)38(20-29(39)40)19-24-9-8-10-28-30(24)37-32(34)46-28/h2,8-12,17,26,29,35H,5,7,13-16,18-21H2,1,3-4H3,(H2,34,37)(H,36,44)/t26-,29-/m0/s1. The molecule has 0 unspecified atom stereocenters. The Morgan fingerprint density at radius 1 is 1.26 bits per heavy atom. The highest BCUT2D eigenvalue weighted by Crippen LogP contribution is 2.33. The number of urea groups is 1. The van der Waals surface area contributed by atoms with Gasteiger partial charge in [-0.15, -0.1) is 6.42 Å². The quantitative estimate of drug-likeness (QED) is 0.189. The topological polar surface area (TPSA) is 136 Å². The summed E-state index contributed by atoms with van der Waals surface area (Å²) in [5.74, 6) is 3.14. The van der Waals surface area contributed by atoms with E-state index in [1.165, 1.54) is 18.3 Å². The number of hydrogen-bond donors (Lipinski definition) is 3. The first-order valence-corrected chi connectivity index (χ1v) is 16.4. The first kappa shape index (κ1) is 33.0. The van der Waals surface area contributed by atoms with Crippen LogP contribution >= 0.6 is 11.3 Å². The van der Waals surface area contributed by atoms with Gasteiger partial charge < -0.3 is 26.0 Å². The molecule has 0 bridgehead atoms. The molecule has 1 aromatic heterocycles. The molecule has 2 aliphatic heterocycles. The third kappa shape index (κ3) is 7.20. The van der Waals surface area contributed by atoms with Crippen LogP contribution < -0.4 is 21.1 Å². The van der Waals surface area contributed by atoms with E-state index in [1.807, 2.05) is 46.3 Å². The second-order valence-corrected chi connectivity index (χ2v) is 12.6. The summed E-state index contributed by atoms with van der Waals surface area (Å²) in [5.41, 5.74) is 9.42. The van der Waals surface area contributed by atoms with E-state index in [-0.39, 0.29) is 37.0 Å². The zero-order valence-electron chi connectivity index (χ0n) is 26.6. The van der Waals surface area contributed by atoms with Crippen LogP contribution in [0.2, 0.25) is 0 Å². The number of hydrogen-bond acceptors (Lipinski definition) is 10. The minimum absolute atomic E-state index is 0.00267. The number of aromatic nitrogens is 1. The number of Topliss-reactive ketones (excluding diaryl/α,β-unsaturated/α-hetero) is 1. The number of piperazine rings is 1. The molecular weight excluding hydrogens is 604 g/mol. The monoisotopic (exact) mass is 646 g/mol. The Morgan fingerprint density at radius 3 is 2.83 bits per heavy atom. The summed E-state index contributed by atoms with van der Waals surface area (Å²) < 4.78 is 6.66. The summed E-state index contributed by atoms with van der Waals surface area (Å²) in [6, 6.07) is 10.9. The predicted molar refractivity (Wildman–Crippen MR) is 180 cm³/mol. The number of nitrogen functional groups attached to an aromatic ring is 1. The second-order valence-electron chi connectivity index (χ2n) is 11.6. The number of anilines is 2. The van der Waals surface area contributed by atoms with Crippen LogP contribution in [0.4, 0.5) is 15.6 Å². The first-order chi connectivity index (χ1) is 22.2. The first-order valence-electron chi connectivity index (χ1n) is 15.6.